The van der Waals surface area contributed by atoms with E-state index in [4.69, 9.17) is 18.6 Å². The number of hydrogen-bond donors (Lipinski definition) is 0. The molecule has 1 unspecified atom stereocenters. The van der Waals surface area contributed by atoms with Gasteiger partial charge in [-0.15, -0.1) is 10.2 Å². The van der Waals surface area contributed by atoms with E-state index >= 15 is 0 Å². The molecule has 1 aromatic rings. The minimum atomic E-state index is -4.94. The molecule has 2 heterocycles. The van der Waals surface area contributed by atoms with Crippen LogP contribution < -0.4 is 37.2 Å². The van der Waals surface area contributed by atoms with Crippen LogP contribution in [0.1, 0.15) is 25.5 Å². The second-order valence-electron chi connectivity index (χ2n) is 4.96. The smallest absolute Gasteiger partial charge is 0.288 e. The van der Waals surface area contributed by atoms with Crippen molar-refractivity contribution in [3.05, 3.63) is 54.2 Å². The predicted octanol–water partition coefficient (Wildman–Crippen LogP) is -6.07. The summed E-state index contributed by atoms with van der Waals surface area (Å²) in [6.45, 7) is 5.66. The molecular formula is C14H18Cl2N2O8. The summed E-state index contributed by atoms with van der Waals surface area (Å²) in [7, 11) is -9.42. The highest BCUT2D eigenvalue weighted by atomic mass is 35.7. The van der Waals surface area contributed by atoms with Crippen LogP contribution in [-0.2, 0) is 10.8 Å². The van der Waals surface area contributed by atoms with Gasteiger partial charge in [-0.3, -0.25) is 0 Å². The number of likely N-dealkylation sites (N-methyl/N-ethyl adjacent to an activating group) is 1. The Balaban J connectivity index is 0.000000597. The molecule has 1 atom stereocenters. The van der Waals surface area contributed by atoms with Crippen LogP contribution in [0.15, 0.2) is 48.6 Å². The molecule has 0 saturated carbocycles. The van der Waals surface area contributed by atoms with Crippen LogP contribution in [0.3, 0.4) is 0 Å². The molecule has 0 bridgehead atoms. The summed E-state index contributed by atoms with van der Waals surface area (Å²) in [5.74, 6) is 0.0357. The average molecular weight is 413 g/mol. The number of aryl methyl sites for hydroxylation is 1. The van der Waals surface area contributed by atoms with Crippen molar-refractivity contribution in [1.82, 2.24) is 4.90 Å². The molecule has 146 valence electrons. The maximum Gasteiger partial charge on any atom is 0.288 e. The first-order valence-electron chi connectivity index (χ1n) is 7.29. The Kier molecular flexibility index (Phi) is 8.21. The van der Waals surface area contributed by atoms with Crippen molar-refractivity contribution in [3.63, 3.8) is 0 Å². The molecule has 1 aliphatic heterocycles. The van der Waals surface area contributed by atoms with Gasteiger partial charge in [-0.25, -0.2) is 23.2 Å². The van der Waals surface area contributed by atoms with Crippen molar-refractivity contribution < 1.29 is 62.0 Å². The zero-order valence-corrected chi connectivity index (χ0v) is 15.5. The van der Waals surface area contributed by atoms with Crippen LogP contribution in [0.2, 0.25) is 0 Å². The van der Waals surface area contributed by atoms with E-state index in [9.17, 15) is 14.0 Å². The van der Waals surface area contributed by atoms with Gasteiger partial charge in [-0.1, -0.05) is 4.29 Å². The fraction of sp³-hybridized carbons (Fsp3) is 0.357. The normalized spacial score (nSPS) is 17.3. The van der Waals surface area contributed by atoms with Gasteiger partial charge >= 0.3 is 0 Å². The van der Waals surface area contributed by atoms with Gasteiger partial charge in [0, 0.05) is 37.0 Å². The summed E-state index contributed by atoms with van der Waals surface area (Å²) in [5, 5.41) is 0. The predicted molar refractivity (Wildman–Crippen MR) is 65.7 cm³/mol. The van der Waals surface area contributed by atoms with Crippen molar-refractivity contribution in [1.29, 1.82) is 0 Å². The van der Waals surface area contributed by atoms with Gasteiger partial charge in [-0.05, 0) is 19.4 Å². The number of rotatable bonds is 5. The van der Waals surface area contributed by atoms with Gasteiger partial charge in [0.15, 0.2) is 12.4 Å². The van der Waals surface area contributed by atoms with E-state index in [-0.39, 0.29) is 11.8 Å². The molecule has 0 radical (unpaired) electrons. The van der Waals surface area contributed by atoms with E-state index in [0.717, 1.165) is 18.7 Å². The topological polar surface area (TPSA) is 178 Å². The van der Waals surface area contributed by atoms with Crippen LogP contribution >= 0.6 is 0 Å². The largest absolute Gasteiger partial charge is 0.367 e. The van der Waals surface area contributed by atoms with Crippen molar-refractivity contribution in [2.24, 2.45) is 0 Å². The number of halogens is 2. The molecule has 0 fully saturated rings. The number of aromatic nitrogens is 1. The first kappa shape index (κ1) is 22.6. The molecule has 0 spiro atoms. The monoisotopic (exact) mass is 412 g/mol. The van der Waals surface area contributed by atoms with Crippen LogP contribution in [0.5, 0.6) is 0 Å². The zero-order valence-electron chi connectivity index (χ0n) is 13.9. The lowest BCUT2D eigenvalue weighted by Crippen LogP contribution is -2.68. The third-order valence-electron chi connectivity index (χ3n) is 3.28. The third-order valence-corrected chi connectivity index (χ3v) is 3.65. The van der Waals surface area contributed by atoms with Crippen LogP contribution in [0.4, 0.5) is 0 Å². The molecule has 0 aromatic carbocycles. The van der Waals surface area contributed by atoms with Crippen molar-refractivity contribution >= 4 is 0 Å². The quantitative estimate of drug-likeness (QED) is 0.425. The molecule has 0 saturated heterocycles. The Bertz CT molecular complexity index is 619. The maximum absolute atomic E-state index is 10.7. The summed E-state index contributed by atoms with van der Waals surface area (Å²) in [5.41, 5.74) is 0.993. The molecule has 26 heavy (non-hydrogen) atoms. The first-order valence-corrected chi connectivity index (χ1v) is 9.76. The number of hydrogen-bond acceptors (Lipinski definition) is 9. The molecule has 1 aromatic heterocycles. The lowest BCUT2D eigenvalue weighted by molar-refractivity contribution is -2.00. The van der Waals surface area contributed by atoms with Gasteiger partial charge in [0.25, 0.3) is 5.76 Å². The standard InChI is InChI=1S/C14H18ClN2O4.ClHO4/c1-3-16-8-5-12(6-9-16)14-11-13(21-15(18,19)20)7-10-17(14)4-2;2-1(3,4)5/h5-11,14H,3-4H2,1-2H3;(H,2,3,4,5)/q+1;/p-1. The second-order valence-corrected chi connectivity index (χ2v) is 6.62. The molecule has 1 aliphatic rings. The summed E-state index contributed by atoms with van der Waals surface area (Å²) in [6, 6.07) is 3.76. The Morgan fingerprint density at radius 2 is 1.58 bits per heavy atom. The molecule has 0 aliphatic carbocycles. The van der Waals surface area contributed by atoms with Crippen molar-refractivity contribution in [3.8, 4) is 0 Å². The van der Waals surface area contributed by atoms with Crippen LogP contribution in [0, 0.1) is 20.5 Å². The average Bonchev–Trinajstić information content (AvgIpc) is 2.52. The molecular weight excluding hydrogens is 395 g/mol. The summed E-state index contributed by atoms with van der Waals surface area (Å²) in [6.07, 6.45) is 8.73. The minimum Gasteiger partial charge on any atom is -0.367 e. The van der Waals surface area contributed by atoms with E-state index in [1.54, 1.807) is 12.3 Å². The maximum atomic E-state index is 10.7. The lowest BCUT2D eigenvalue weighted by atomic mass is 10.0. The second kappa shape index (κ2) is 9.46. The fourth-order valence-electron chi connectivity index (χ4n) is 2.20. The van der Waals surface area contributed by atoms with Crippen molar-refractivity contribution in [2.45, 2.75) is 26.4 Å². The van der Waals surface area contributed by atoms with E-state index in [2.05, 4.69) is 4.29 Å². The molecule has 0 N–H and O–H groups in total. The first-order chi connectivity index (χ1) is 11.9. The molecule has 12 heteroatoms. The SMILES string of the molecule is CCN1C=CC(O[Cl+3]([O-])([O-])[O-])=CC1c1cc[n+](CC)cc1.[O-][Cl+3]([O-])([O-])[O-]. The number of pyridine rings is 1. The van der Waals surface area contributed by atoms with E-state index in [1.165, 1.54) is 6.08 Å². The van der Waals surface area contributed by atoms with E-state index in [0.29, 0.717) is 0 Å². The molecule has 0 amide bonds. The summed E-state index contributed by atoms with van der Waals surface area (Å²) in [4.78, 5) is 2.02. The Labute approximate surface area is 154 Å². The fourth-order valence-corrected chi connectivity index (χ4v) is 2.52. The highest BCUT2D eigenvalue weighted by Gasteiger charge is 2.27. The van der Waals surface area contributed by atoms with Crippen LogP contribution in [0.25, 0.3) is 0 Å². The van der Waals surface area contributed by atoms with E-state index < -0.39 is 20.5 Å². The number of allylic oxidation sites excluding steroid dienone is 1. The van der Waals surface area contributed by atoms with Gasteiger partial charge < -0.3 is 4.90 Å². The lowest BCUT2D eigenvalue weighted by Gasteiger charge is -2.29. The van der Waals surface area contributed by atoms with Gasteiger partial charge in [0.1, 0.15) is 16.8 Å². The molecule has 2 rings (SSSR count). The zero-order chi connectivity index (χ0) is 20.0. The van der Waals surface area contributed by atoms with Crippen molar-refractivity contribution in [2.75, 3.05) is 6.54 Å². The molecule has 10 nitrogen and oxygen atoms in total. The third kappa shape index (κ3) is 8.76. The van der Waals surface area contributed by atoms with Crippen LogP contribution in [-0.4, -0.2) is 11.4 Å². The highest BCUT2D eigenvalue weighted by molar-refractivity contribution is 5.28. The van der Waals surface area contributed by atoms with Gasteiger partial charge in [0.2, 0.25) is 0 Å². The Morgan fingerprint density at radius 3 is 2.00 bits per heavy atom. The summed E-state index contributed by atoms with van der Waals surface area (Å²) < 4.78 is 72.4. The highest BCUT2D eigenvalue weighted by Crippen LogP contribution is 2.28. The summed E-state index contributed by atoms with van der Waals surface area (Å²) >= 11 is 0. The number of nitrogens with zero attached hydrogens (tertiary/aromatic N) is 2. The Morgan fingerprint density at radius 1 is 1.04 bits per heavy atom. The Hall–Kier alpha value is -1.47. The van der Waals surface area contributed by atoms with Gasteiger partial charge in [0.05, 0.1) is 6.04 Å². The van der Waals surface area contributed by atoms with Gasteiger partial charge in [-0.2, -0.15) is 14.0 Å². The minimum absolute atomic E-state index is 0.0357. The van der Waals surface area contributed by atoms with E-state index in [1.807, 2.05) is 47.8 Å².